The lowest BCUT2D eigenvalue weighted by Crippen LogP contribution is -2.41. The van der Waals surface area contributed by atoms with Crippen LogP contribution in [0, 0.1) is 164 Å². The van der Waals surface area contributed by atoms with E-state index >= 15 is 0 Å². The molecule has 0 amide bonds. The number of hydrogen-bond donors (Lipinski definition) is 1. The van der Waals surface area contributed by atoms with Gasteiger partial charge in [0, 0.05) is 10.0 Å². The summed E-state index contributed by atoms with van der Waals surface area (Å²) in [6.45, 7) is 36.8. The molecule has 1 saturated heterocycles. The zero-order valence-corrected chi connectivity index (χ0v) is 55.8. The first kappa shape index (κ1) is 74.1. The van der Waals surface area contributed by atoms with Crippen molar-refractivity contribution in [1.29, 1.82) is 31.6 Å². The predicted molar refractivity (Wildman–Crippen MR) is 347 cm³/mol. The Labute approximate surface area is 603 Å². The van der Waals surface area contributed by atoms with Gasteiger partial charge in [-0.2, -0.15) is 41.5 Å². The summed E-state index contributed by atoms with van der Waals surface area (Å²) in [6, 6.07) is 22.1. The van der Waals surface area contributed by atoms with Crippen molar-refractivity contribution in [3.63, 3.8) is 0 Å². The van der Waals surface area contributed by atoms with E-state index < -0.39 is 150 Å². The summed E-state index contributed by atoms with van der Waals surface area (Å²) in [5, 5.41) is 56.5. The fraction of sp³-hybridized carbons (Fsp3) is 0.101. The topological polar surface area (TPSA) is 320 Å². The number of benzene rings is 7. The molecular formula is C69H24BBrClF12N21O2. The van der Waals surface area contributed by atoms with E-state index in [4.69, 9.17) is 63.0 Å². The Morgan fingerprint density at radius 1 is 0.523 bits per heavy atom. The van der Waals surface area contributed by atoms with Gasteiger partial charge in [-0.05, 0) is 81.2 Å². The SMILES string of the molecule is N#CC(=C1N=c2ccccc2=N1)c1nc(Cl)nc(-c2ccc3c(c2C#N)=N/C(=C(\C#N)c2c(F)c(F)c(C#N)c(F)c2F)N=3)n1.[C-]#[N+]/C(=C1/N=c2ccc(B3OC(C)(C)C(C)(C)O3)c([N+]#[C-])c2=N1)c1c(F)c(F)c(C#N)c(F)c1F.[C-]#[N+]c1c(Br)ccc2[nH]c(C([N+]#[C-])c3c(F)c(F)c(C#N)c(F)c3F)nc12. The molecule has 7 aromatic carbocycles. The number of nitrogens with zero attached hydrogens (tertiary/aromatic N) is 20. The van der Waals surface area contributed by atoms with Crippen LogP contribution in [0.2, 0.25) is 5.28 Å². The fourth-order valence-corrected chi connectivity index (χ4v) is 11.1. The highest BCUT2D eigenvalue weighted by Gasteiger charge is 2.52. The number of allylic oxidation sites excluding steroid dienone is 2. The molecule has 6 heterocycles. The van der Waals surface area contributed by atoms with E-state index in [2.05, 4.69) is 90.2 Å². The Hall–Kier alpha value is -14.1. The Morgan fingerprint density at radius 3 is 1.50 bits per heavy atom. The molecule has 0 saturated carbocycles. The number of halogens is 14. The Kier molecular flexibility index (Phi) is 19.8. The monoisotopic (exact) mass is 1530 g/mol. The first-order valence-electron chi connectivity index (χ1n) is 29.3. The van der Waals surface area contributed by atoms with Gasteiger partial charge in [-0.15, -0.1) is 0 Å². The minimum Gasteiger partial charge on any atom is -0.400 e. The maximum Gasteiger partial charge on any atom is 0.483 e. The molecule has 0 bridgehead atoms. The average Bonchev–Trinajstić information content (AvgIpc) is 1.47. The van der Waals surface area contributed by atoms with E-state index in [1.165, 1.54) is 42.5 Å². The first-order valence-corrected chi connectivity index (χ1v) is 30.5. The van der Waals surface area contributed by atoms with Gasteiger partial charge in [0.1, 0.15) is 75.2 Å². The number of aromatic amines is 1. The van der Waals surface area contributed by atoms with Crippen molar-refractivity contribution in [1.82, 2.24) is 24.9 Å². The Morgan fingerprint density at radius 2 is 1.00 bits per heavy atom. The summed E-state index contributed by atoms with van der Waals surface area (Å²) in [5.41, 5.74) is -11.2. The van der Waals surface area contributed by atoms with Crippen molar-refractivity contribution in [3.05, 3.63) is 286 Å². The molecule has 0 radical (unpaired) electrons. The van der Waals surface area contributed by atoms with E-state index in [0.717, 1.165) is 18.2 Å². The molecule has 107 heavy (non-hydrogen) atoms. The molecule has 518 valence electrons. The molecule has 1 N–H and O–H groups in total. The number of hydrogen-bond acceptors (Lipinski definition) is 18. The van der Waals surface area contributed by atoms with E-state index in [-0.39, 0.29) is 83.6 Å². The minimum absolute atomic E-state index is 0.0132. The zero-order chi connectivity index (χ0) is 77.7. The summed E-state index contributed by atoms with van der Waals surface area (Å²) in [7, 11) is -0.922. The summed E-state index contributed by atoms with van der Waals surface area (Å²) in [6.07, 6.45) is 0. The number of rotatable bonds is 7. The van der Waals surface area contributed by atoms with Crippen LogP contribution in [0.5, 0.6) is 0 Å². The first-order chi connectivity index (χ1) is 50.9. The quantitative estimate of drug-likeness (QED) is 0.0512. The van der Waals surface area contributed by atoms with Gasteiger partial charge >= 0.3 is 13.2 Å². The fourth-order valence-electron chi connectivity index (χ4n) is 10.5. The van der Waals surface area contributed by atoms with Crippen LogP contribution in [-0.4, -0.2) is 43.2 Å². The zero-order valence-electron chi connectivity index (χ0n) is 53.5. The predicted octanol–water partition coefficient (Wildman–Crippen LogP) is 11.6. The van der Waals surface area contributed by atoms with Crippen molar-refractivity contribution < 1.29 is 62.0 Å². The number of fused-ring (bicyclic) bond motifs is 4. The maximum absolute atomic E-state index is 14.8. The highest BCUT2D eigenvalue weighted by Crippen LogP contribution is 2.41. The van der Waals surface area contributed by atoms with Gasteiger partial charge in [0.2, 0.25) is 22.4 Å². The van der Waals surface area contributed by atoms with Crippen molar-refractivity contribution in [3.8, 4) is 47.8 Å². The van der Waals surface area contributed by atoms with Gasteiger partial charge in [-0.25, -0.2) is 109 Å². The smallest absolute Gasteiger partial charge is 0.400 e. The second kappa shape index (κ2) is 28.6. The third-order valence-corrected chi connectivity index (χ3v) is 17.2. The third-order valence-electron chi connectivity index (χ3n) is 16.4. The molecule has 1 unspecified atom stereocenters. The second-order valence-electron chi connectivity index (χ2n) is 22.8. The molecular weight excluding hydrogens is 1510 g/mol. The summed E-state index contributed by atoms with van der Waals surface area (Å²) in [4.78, 5) is 56.7. The number of H-pyrrole nitrogens is 1. The lowest BCUT2D eigenvalue weighted by atomic mass is 9.77. The van der Waals surface area contributed by atoms with Crippen LogP contribution in [0.4, 0.5) is 64.1 Å². The molecule has 4 aliphatic rings. The van der Waals surface area contributed by atoms with Crippen molar-refractivity contribution >= 4 is 79.4 Å². The Bertz CT molecular complexity index is 6460. The largest absolute Gasteiger partial charge is 0.483 e. The van der Waals surface area contributed by atoms with Gasteiger partial charge in [0.15, 0.2) is 105 Å². The maximum atomic E-state index is 14.8. The number of aromatic nitrogens is 5. The van der Waals surface area contributed by atoms with Crippen molar-refractivity contribution in [2.75, 3.05) is 0 Å². The van der Waals surface area contributed by atoms with Crippen LogP contribution in [0.1, 0.15) is 84.3 Å². The standard InChI is InChI=1S/C29H6ClF4N11.C23H14BF4N5O2.C17H4BrF4N5/c30-29-44-25(43-28(45-29)15(10-38)27-39-16-3-1-2-4-17(16)40-27)11-5-6-18-24(12(11)7-35)42-26(41-18)13(8-36)19-22(33)20(31)14(9-37)21(32)23(19)34;1-22(2)23(3,4)35-24(34-22)11-7-8-12-19(18(11)30-5)33-21(32-12)20(31-6)13-16(27)14(25)10(9-29)15(26)17(13)28;1-24-14-7(18)3-4-8-15(14)27-17(26-8)16(25-2)9-12(21)10(19)6(5-23)11(20)13(9)22/h1-6H;7-8H,1-4H3;3-4,16H,(H,26,27)/b26-13+;21-20-;. The van der Waals surface area contributed by atoms with Crippen LogP contribution in [0.15, 0.2) is 113 Å². The number of para-hydroxylation sites is 2. The minimum atomic E-state index is -2.01. The molecule has 13 rings (SSSR count). The molecule has 2 aromatic heterocycles. The Balaban J connectivity index is 0.000000165. The van der Waals surface area contributed by atoms with Crippen LogP contribution in [0.25, 0.3) is 58.6 Å². The summed E-state index contributed by atoms with van der Waals surface area (Å²) >= 11 is 9.33. The van der Waals surface area contributed by atoms with Crippen LogP contribution < -0.4 is 37.6 Å². The number of imidazole rings is 1. The molecule has 1 atom stereocenters. The molecule has 38 heteroatoms. The molecule has 4 aliphatic heterocycles. The average molecular weight is 1530 g/mol. The van der Waals surface area contributed by atoms with Crippen LogP contribution in [-0.2, 0) is 9.31 Å². The van der Waals surface area contributed by atoms with Gasteiger partial charge in [0.05, 0.1) is 85.4 Å². The van der Waals surface area contributed by atoms with Crippen molar-refractivity contribution in [2.45, 2.75) is 44.9 Å². The van der Waals surface area contributed by atoms with E-state index in [1.807, 2.05) is 39.8 Å². The van der Waals surface area contributed by atoms with Crippen molar-refractivity contribution in [2.24, 2.45) is 30.0 Å². The highest BCUT2D eigenvalue weighted by molar-refractivity contribution is 9.10. The normalized spacial score (nSPS) is 14.7. The lowest BCUT2D eigenvalue weighted by Gasteiger charge is -2.32. The highest BCUT2D eigenvalue weighted by atomic mass is 79.9. The van der Waals surface area contributed by atoms with E-state index in [9.17, 15) is 68.5 Å². The van der Waals surface area contributed by atoms with Crippen LogP contribution >= 0.6 is 27.5 Å². The molecule has 0 spiro atoms. The number of nitrogens with one attached hydrogen (secondary N) is 1. The molecule has 1 fully saturated rings. The van der Waals surface area contributed by atoms with Gasteiger partial charge in [-0.1, -0.05) is 40.2 Å². The summed E-state index contributed by atoms with van der Waals surface area (Å²) in [5.74, 6) is -25.1. The van der Waals surface area contributed by atoms with Crippen LogP contribution in [0.3, 0.4) is 0 Å². The van der Waals surface area contributed by atoms with Gasteiger partial charge in [0.25, 0.3) is 0 Å². The third kappa shape index (κ3) is 12.6. The van der Waals surface area contributed by atoms with E-state index in [1.54, 1.807) is 24.3 Å². The summed E-state index contributed by atoms with van der Waals surface area (Å²) < 4.78 is 185. The van der Waals surface area contributed by atoms with Gasteiger partial charge in [-0.3, -0.25) is 9.84 Å². The van der Waals surface area contributed by atoms with E-state index in [0.29, 0.717) is 26.2 Å². The van der Waals surface area contributed by atoms with Gasteiger partial charge < -0.3 is 14.3 Å². The lowest BCUT2D eigenvalue weighted by molar-refractivity contribution is 0.00578. The molecule has 9 aromatic rings. The molecule has 0 aliphatic carbocycles. The molecule has 23 nitrogen and oxygen atoms in total. The second-order valence-corrected chi connectivity index (χ2v) is 24.0. The number of nitriles is 6.